The molecule has 12 nitrogen and oxygen atoms in total. The molecule has 0 aromatic heterocycles. The molecule has 5 atom stereocenters. The van der Waals surface area contributed by atoms with Crippen LogP contribution in [0.25, 0.3) is 0 Å². The Morgan fingerprint density at radius 3 is 1.97 bits per heavy atom. The van der Waals surface area contributed by atoms with Crippen LogP contribution in [0, 0.1) is 5.92 Å². The number of carbonyl (C=O) groups excluding carboxylic acids is 3. The van der Waals surface area contributed by atoms with Gasteiger partial charge in [0.1, 0.15) is 24.2 Å². The van der Waals surface area contributed by atoms with E-state index in [9.17, 15) is 24.0 Å². The number of hydrogen-bond acceptors (Lipinski definition) is 8. The molecule has 0 aliphatic heterocycles. The number of nitrogens with two attached hydrogens (primary N) is 1. The summed E-state index contributed by atoms with van der Waals surface area (Å²) in [4.78, 5) is 59.2. The molecule has 0 aliphatic rings. The number of aliphatic hydroxyl groups excluding tert-OH is 1. The zero-order valence-electron chi connectivity index (χ0n) is 16.8. The van der Waals surface area contributed by atoms with Gasteiger partial charge in [-0.05, 0) is 12.3 Å². The fraction of sp³-hybridized carbons (Fsp3) is 0.706. The summed E-state index contributed by atoms with van der Waals surface area (Å²) in [6.07, 6.45) is -0.296. The van der Waals surface area contributed by atoms with Crippen LogP contribution in [0.4, 0.5) is 0 Å². The molecule has 0 heterocycles. The average Bonchev–Trinajstić information content (AvgIpc) is 2.70. The molecule has 0 saturated carbocycles. The van der Waals surface area contributed by atoms with Crippen LogP contribution in [0.1, 0.15) is 33.1 Å². The number of hydrogen-bond donors (Lipinski definition) is 8. The monoisotopic (exact) mass is 450 g/mol. The number of carboxylic acid groups (broad SMARTS) is 2. The summed E-state index contributed by atoms with van der Waals surface area (Å²) >= 11 is 3.83. The van der Waals surface area contributed by atoms with Gasteiger partial charge in [0, 0.05) is 12.2 Å². The molecule has 3 amide bonds. The van der Waals surface area contributed by atoms with Gasteiger partial charge in [-0.25, -0.2) is 4.79 Å². The van der Waals surface area contributed by atoms with Gasteiger partial charge < -0.3 is 37.0 Å². The molecule has 0 fully saturated rings. The second-order valence-electron chi connectivity index (χ2n) is 6.74. The molecule has 0 saturated heterocycles. The molecule has 0 aliphatic carbocycles. The molecule has 8 N–H and O–H groups in total. The van der Waals surface area contributed by atoms with Gasteiger partial charge in [-0.15, -0.1) is 0 Å². The molecule has 30 heavy (non-hydrogen) atoms. The highest BCUT2D eigenvalue weighted by Crippen LogP contribution is 2.10. The largest absolute Gasteiger partial charge is 0.481 e. The number of thiol groups is 1. The lowest BCUT2D eigenvalue weighted by molar-refractivity contribution is -0.142. The Balaban J connectivity index is 5.49. The first-order valence-electron chi connectivity index (χ1n) is 9.31. The van der Waals surface area contributed by atoms with Crippen molar-refractivity contribution < 1.29 is 39.3 Å². The van der Waals surface area contributed by atoms with E-state index in [1.165, 1.54) is 0 Å². The minimum absolute atomic E-state index is 0.217. The smallest absolute Gasteiger partial charge is 0.327 e. The van der Waals surface area contributed by atoms with Crippen molar-refractivity contribution in [3.05, 3.63) is 0 Å². The highest BCUT2D eigenvalue weighted by molar-refractivity contribution is 7.80. The predicted molar refractivity (Wildman–Crippen MR) is 109 cm³/mol. The first kappa shape index (κ1) is 27.6. The first-order valence-corrected chi connectivity index (χ1v) is 9.94. The minimum Gasteiger partial charge on any atom is -0.481 e. The highest BCUT2D eigenvalue weighted by Gasteiger charge is 2.32. The first-order chi connectivity index (χ1) is 14.0. The van der Waals surface area contributed by atoms with Crippen molar-refractivity contribution in [1.29, 1.82) is 0 Å². The van der Waals surface area contributed by atoms with Crippen LogP contribution in [-0.2, 0) is 24.0 Å². The summed E-state index contributed by atoms with van der Waals surface area (Å²) in [6.45, 7) is 2.80. The number of aliphatic hydroxyl groups is 1. The Morgan fingerprint density at radius 2 is 1.53 bits per heavy atom. The van der Waals surface area contributed by atoms with Gasteiger partial charge in [0.15, 0.2) is 0 Å². The minimum atomic E-state index is -1.36. The molecule has 172 valence electrons. The Labute approximate surface area is 179 Å². The van der Waals surface area contributed by atoms with E-state index in [-0.39, 0.29) is 18.1 Å². The molecule has 0 spiro atoms. The number of rotatable bonds is 14. The average molecular weight is 451 g/mol. The molecule has 0 radical (unpaired) electrons. The summed E-state index contributed by atoms with van der Waals surface area (Å²) in [7, 11) is 0. The van der Waals surface area contributed by atoms with Crippen molar-refractivity contribution in [1.82, 2.24) is 16.0 Å². The molecule has 13 heteroatoms. The zero-order valence-corrected chi connectivity index (χ0v) is 17.7. The number of carboxylic acids is 2. The molecule has 0 rings (SSSR count). The van der Waals surface area contributed by atoms with E-state index in [0.717, 1.165) is 0 Å². The van der Waals surface area contributed by atoms with Gasteiger partial charge in [-0.3, -0.25) is 19.2 Å². The van der Waals surface area contributed by atoms with Crippen molar-refractivity contribution in [3.63, 3.8) is 0 Å². The van der Waals surface area contributed by atoms with Gasteiger partial charge >= 0.3 is 11.9 Å². The summed E-state index contributed by atoms with van der Waals surface area (Å²) < 4.78 is 0. The fourth-order valence-corrected chi connectivity index (χ4v) is 2.55. The van der Waals surface area contributed by atoms with Crippen molar-refractivity contribution in [2.45, 2.75) is 57.3 Å². The van der Waals surface area contributed by atoms with Crippen LogP contribution in [0.2, 0.25) is 0 Å². The molecular formula is C17H30N4O8S. The van der Waals surface area contributed by atoms with Crippen LogP contribution >= 0.6 is 12.6 Å². The van der Waals surface area contributed by atoms with Gasteiger partial charge in [0.2, 0.25) is 17.7 Å². The number of aliphatic carboxylic acids is 2. The lowest BCUT2D eigenvalue weighted by Crippen LogP contribution is -2.59. The fourth-order valence-electron chi connectivity index (χ4n) is 2.30. The maximum Gasteiger partial charge on any atom is 0.327 e. The Kier molecular flexibility index (Phi) is 12.7. The van der Waals surface area contributed by atoms with E-state index in [0.29, 0.717) is 6.42 Å². The second kappa shape index (κ2) is 13.8. The van der Waals surface area contributed by atoms with E-state index < -0.39 is 66.9 Å². The topological polar surface area (TPSA) is 208 Å². The van der Waals surface area contributed by atoms with E-state index >= 15 is 0 Å². The van der Waals surface area contributed by atoms with E-state index in [2.05, 4.69) is 28.6 Å². The maximum atomic E-state index is 12.8. The third-order valence-electron chi connectivity index (χ3n) is 4.40. The van der Waals surface area contributed by atoms with E-state index in [4.69, 9.17) is 21.1 Å². The van der Waals surface area contributed by atoms with Crippen molar-refractivity contribution >= 4 is 42.3 Å². The van der Waals surface area contributed by atoms with Gasteiger partial charge in [0.05, 0.1) is 6.61 Å². The Bertz CT molecular complexity index is 633. The van der Waals surface area contributed by atoms with Gasteiger partial charge in [-0.2, -0.15) is 12.6 Å². The molecule has 0 aromatic carbocycles. The standard InChI is InChI=1S/C17H30N4O8S/c1-3-8(2)13(21-14(25)9(18)6-22)16(27)19-10(4-5-12(23)24)15(26)20-11(7-30)17(28)29/h8-11,13,22,30H,3-7,18H2,1-2H3,(H,19,27)(H,20,26)(H,21,25)(H,23,24)(H,28,29). The van der Waals surface area contributed by atoms with Crippen LogP contribution in [-0.4, -0.2) is 81.5 Å². The lowest BCUT2D eigenvalue weighted by Gasteiger charge is -2.27. The highest BCUT2D eigenvalue weighted by atomic mass is 32.1. The third-order valence-corrected chi connectivity index (χ3v) is 4.77. The van der Waals surface area contributed by atoms with Crippen molar-refractivity contribution in [2.24, 2.45) is 11.7 Å². The maximum absolute atomic E-state index is 12.8. The van der Waals surface area contributed by atoms with Crippen LogP contribution in [0.5, 0.6) is 0 Å². The summed E-state index contributed by atoms with van der Waals surface area (Å²) in [5, 5.41) is 33.9. The van der Waals surface area contributed by atoms with E-state index in [1.807, 2.05) is 0 Å². The molecule has 0 bridgehead atoms. The van der Waals surface area contributed by atoms with Gasteiger partial charge in [0.25, 0.3) is 0 Å². The number of carbonyl (C=O) groups is 5. The summed E-state index contributed by atoms with van der Waals surface area (Å²) in [6, 6.07) is -5.05. The van der Waals surface area contributed by atoms with Crippen molar-refractivity contribution in [2.75, 3.05) is 12.4 Å². The van der Waals surface area contributed by atoms with Crippen LogP contribution in [0.15, 0.2) is 0 Å². The normalized spacial score (nSPS) is 15.8. The summed E-state index contributed by atoms with van der Waals surface area (Å²) in [5.41, 5.74) is 5.45. The Hall–Kier alpha value is -2.38. The van der Waals surface area contributed by atoms with E-state index in [1.54, 1.807) is 13.8 Å². The Morgan fingerprint density at radius 1 is 0.967 bits per heavy atom. The molecular weight excluding hydrogens is 420 g/mol. The van der Waals surface area contributed by atoms with Crippen LogP contribution < -0.4 is 21.7 Å². The van der Waals surface area contributed by atoms with Crippen LogP contribution in [0.3, 0.4) is 0 Å². The third kappa shape index (κ3) is 9.41. The zero-order chi connectivity index (χ0) is 23.4. The number of nitrogens with one attached hydrogen (secondary N) is 3. The lowest BCUT2D eigenvalue weighted by atomic mass is 9.97. The van der Waals surface area contributed by atoms with Crippen molar-refractivity contribution in [3.8, 4) is 0 Å². The SMILES string of the molecule is CCC(C)C(NC(=O)C(N)CO)C(=O)NC(CCC(=O)O)C(=O)NC(CS)C(=O)O. The summed E-state index contributed by atoms with van der Waals surface area (Å²) in [5.74, 6) is -5.60. The molecule has 5 unspecified atom stereocenters. The predicted octanol–water partition coefficient (Wildman–Crippen LogP) is -2.31. The quantitative estimate of drug-likeness (QED) is 0.133. The van der Waals surface area contributed by atoms with Gasteiger partial charge in [-0.1, -0.05) is 20.3 Å². The number of amides is 3. The molecule has 0 aromatic rings. The second-order valence-corrected chi connectivity index (χ2v) is 7.10.